The smallest absolute Gasteiger partial charge is 0.249 e. The van der Waals surface area contributed by atoms with Crippen molar-refractivity contribution in [2.75, 3.05) is 52.3 Å². The van der Waals surface area contributed by atoms with Crippen molar-refractivity contribution in [2.45, 2.75) is 96.6 Å². The van der Waals surface area contributed by atoms with Gasteiger partial charge in [-0.15, -0.1) is 0 Å². The van der Waals surface area contributed by atoms with E-state index >= 15 is 4.39 Å². The number of nitrogens with zero attached hydrogens (tertiary/aromatic N) is 4. The molecule has 2 saturated carbocycles. The van der Waals surface area contributed by atoms with Crippen LogP contribution in [0.25, 0.3) is 0 Å². The summed E-state index contributed by atoms with van der Waals surface area (Å²) < 4.78 is 28.3. The molecule has 1 saturated heterocycles. The van der Waals surface area contributed by atoms with Crippen LogP contribution in [0.15, 0.2) is 30.5 Å². The topological polar surface area (TPSA) is 138 Å². The lowest BCUT2D eigenvalue weighted by Crippen LogP contribution is -2.58. The summed E-state index contributed by atoms with van der Waals surface area (Å²) in [5, 5.41) is 21.3. The van der Waals surface area contributed by atoms with E-state index < -0.39 is 41.8 Å². The predicted octanol–water partition coefficient (Wildman–Crippen LogP) is 3.96. The Labute approximate surface area is 301 Å². The molecule has 1 aromatic carbocycles. The summed E-state index contributed by atoms with van der Waals surface area (Å²) in [6, 6.07) is 5.52. The van der Waals surface area contributed by atoms with Crippen molar-refractivity contribution in [2.24, 2.45) is 23.7 Å². The predicted molar refractivity (Wildman–Crippen MR) is 191 cm³/mol. The van der Waals surface area contributed by atoms with Crippen molar-refractivity contribution in [3.8, 4) is 0 Å². The number of aryl methyl sites for hydroxylation is 1. The molecular formula is C38H57FN6O6. The molecule has 3 aliphatic rings. The van der Waals surface area contributed by atoms with E-state index in [1.165, 1.54) is 12.1 Å². The first-order chi connectivity index (χ1) is 24.4. The number of aromatic nitrogens is 2. The van der Waals surface area contributed by atoms with Gasteiger partial charge in [0.15, 0.2) is 0 Å². The Morgan fingerprint density at radius 2 is 1.76 bits per heavy atom. The van der Waals surface area contributed by atoms with Crippen LogP contribution < -0.4 is 10.6 Å². The van der Waals surface area contributed by atoms with Gasteiger partial charge in [0.25, 0.3) is 0 Å². The van der Waals surface area contributed by atoms with E-state index in [0.29, 0.717) is 55.9 Å². The number of nitrogens with one attached hydrogen (secondary N) is 2. The molecule has 0 bridgehead atoms. The van der Waals surface area contributed by atoms with Gasteiger partial charge in [-0.05, 0) is 101 Å². The van der Waals surface area contributed by atoms with Gasteiger partial charge in [-0.25, -0.2) is 4.39 Å². The van der Waals surface area contributed by atoms with Crippen molar-refractivity contribution in [1.29, 1.82) is 0 Å². The second-order valence-corrected chi connectivity index (χ2v) is 14.8. The third-order valence-electron chi connectivity index (χ3n) is 11.1. The minimum atomic E-state index is -0.971. The molecule has 13 heteroatoms. The van der Waals surface area contributed by atoms with Gasteiger partial charge in [-0.3, -0.25) is 19.1 Å². The molecule has 1 aromatic heterocycles. The highest BCUT2D eigenvalue weighted by Gasteiger charge is 2.48. The Hall–Kier alpha value is -3.39. The lowest BCUT2D eigenvalue weighted by Gasteiger charge is -2.40. The quantitative estimate of drug-likeness (QED) is 0.198. The van der Waals surface area contributed by atoms with E-state index in [0.717, 1.165) is 25.7 Å². The van der Waals surface area contributed by atoms with E-state index in [4.69, 9.17) is 9.47 Å². The van der Waals surface area contributed by atoms with Crippen LogP contribution in [-0.2, 0) is 30.4 Å². The minimum absolute atomic E-state index is 0.0411. The Morgan fingerprint density at radius 1 is 1.06 bits per heavy atom. The summed E-state index contributed by atoms with van der Waals surface area (Å²) in [4.78, 5) is 45.2. The molecule has 3 fully saturated rings. The van der Waals surface area contributed by atoms with E-state index in [2.05, 4.69) is 20.6 Å². The number of likely N-dealkylation sites (N-methyl/N-ethyl adjacent to an activating group) is 1. The molecule has 0 spiro atoms. The number of anilines is 1. The Kier molecular flexibility index (Phi) is 13.3. The van der Waals surface area contributed by atoms with Gasteiger partial charge >= 0.3 is 0 Å². The number of rotatable bonds is 18. The molecule has 12 nitrogen and oxygen atoms in total. The van der Waals surface area contributed by atoms with Gasteiger partial charge < -0.3 is 35.0 Å². The van der Waals surface area contributed by atoms with Crippen molar-refractivity contribution in [1.82, 2.24) is 24.9 Å². The molecule has 3 N–H and O–H groups in total. The Morgan fingerprint density at radius 3 is 2.37 bits per heavy atom. The maximum atomic E-state index is 15.9. The van der Waals surface area contributed by atoms with Crippen molar-refractivity contribution in [3.63, 3.8) is 0 Å². The average molecular weight is 713 g/mol. The SMILES string of the molecule is CCn1nccc1C(O)C[C@H](C(=O)Nc1ccc([C@H](C)[C@@H](NC(=O)[C@@H](C)OCCOC)C(=O)N2CCN(C)[C@H](C)C2)cc1F)C(C1CC1)C1CC1. The second-order valence-electron chi connectivity index (χ2n) is 14.8. The molecule has 5 rings (SSSR count). The van der Waals surface area contributed by atoms with Gasteiger partial charge in [0, 0.05) is 57.4 Å². The molecule has 51 heavy (non-hydrogen) atoms. The number of aliphatic hydroxyl groups is 1. The monoisotopic (exact) mass is 712 g/mol. The van der Waals surface area contributed by atoms with Crippen LogP contribution in [0.3, 0.4) is 0 Å². The number of benzene rings is 1. The summed E-state index contributed by atoms with van der Waals surface area (Å²) >= 11 is 0. The molecule has 0 radical (unpaired) electrons. The average Bonchev–Trinajstić information content (AvgIpc) is 4.07. The minimum Gasteiger partial charge on any atom is -0.387 e. The lowest BCUT2D eigenvalue weighted by molar-refractivity contribution is -0.142. The number of piperazine rings is 1. The number of aliphatic hydroxyl groups excluding tert-OH is 1. The van der Waals surface area contributed by atoms with E-state index in [9.17, 15) is 19.5 Å². The van der Waals surface area contributed by atoms with Gasteiger partial charge in [-0.2, -0.15) is 5.10 Å². The summed E-state index contributed by atoms with van der Waals surface area (Å²) in [6.07, 6.45) is 4.44. The van der Waals surface area contributed by atoms with Gasteiger partial charge in [-0.1, -0.05) is 13.0 Å². The van der Waals surface area contributed by atoms with Crippen LogP contribution >= 0.6 is 0 Å². The number of halogens is 1. The first-order valence-electron chi connectivity index (χ1n) is 18.6. The zero-order valence-electron chi connectivity index (χ0n) is 31.0. The van der Waals surface area contributed by atoms with Crippen LogP contribution in [0.1, 0.15) is 83.1 Å². The molecule has 6 atom stereocenters. The lowest BCUT2D eigenvalue weighted by atomic mass is 9.79. The van der Waals surface area contributed by atoms with Crippen LogP contribution in [-0.4, -0.2) is 108 Å². The highest BCUT2D eigenvalue weighted by molar-refractivity contribution is 5.93. The summed E-state index contributed by atoms with van der Waals surface area (Å²) in [7, 11) is 3.56. The van der Waals surface area contributed by atoms with Crippen molar-refractivity contribution < 1.29 is 33.4 Å². The zero-order valence-corrected chi connectivity index (χ0v) is 31.0. The number of amides is 3. The maximum Gasteiger partial charge on any atom is 0.249 e. The Bertz CT molecular complexity index is 1480. The number of ether oxygens (including phenoxy) is 2. The van der Waals surface area contributed by atoms with E-state index in [1.54, 1.807) is 48.9 Å². The number of carbonyl (C=O) groups is 3. The maximum absolute atomic E-state index is 15.9. The molecule has 1 unspecified atom stereocenters. The molecular weight excluding hydrogens is 655 g/mol. The highest BCUT2D eigenvalue weighted by Crippen LogP contribution is 2.54. The fourth-order valence-corrected chi connectivity index (χ4v) is 7.53. The first kappa shape index (κ1) is 38.8. The fraction of sp³-hybridized carbons (Fsp3) is 0.684. The van der Waals surface area contributed by atoms with Crippen molar-refractivity contribution >= 4 is 23.4 Å². The molecule has 1 aliphatic heterocycles. The number of methoxy groups -OCH3 is 1. The molecule has 3 amide bonds. The van der Waals surface area contributed by atoms with Crippen LogP contribution in [0, 0.1) is 29.5 Å². The third kappa shape index (κ3) is 9.74. The molecule has 2 heterocycles. The third-order valence-corrected chi connectivity index (χ3v) is 11.1. The standard InChI is InChI=1S/C38H57FN6O6/c1-7-45-32(14-15-40-45)33(46)21-29(34(26-8-9-26)27-10-11-27)37(48)41-31-13-12-28(20-30(31)39)24(3)35(42-36(47)25(4)51-19-18-50-6)38(49)44-17-16-43(5)23(2)22-44/h12-15,20,23-27,29,33-35,46H,7-11,16-19,21-22H2,1-6H3,(H,41,48)(H,42,47)/t23-,24+,25-,29+,33?,35-/m1/s1. The van der Waals surface area contributed by atoms with Gasteiger partial charge in [0.05, 0.1) is 30.7 Å². The van der Waals surface area contributed by atoms with Crippen LogP contribution in [0.2, 0.25) is 0 Å². The molecule has 2 aromatic rings. The van der Waals surface area contributed by atoms with Gasteiger partial charge in [0.1, 0.15) is 18.0 Å². The molecule has 282 valence electrons. The summed E-state index contributed by atoms with van der Waals surface area (Å²) in [5.74, 6) is -1.70. The molecule has 2 aliphatic carbocycles. The number of hydrogen-bond donors (Lipinski definition) is 3. The van der Waals surface area contributed by atoms with Gasteiger partial charge in [0.2, 0.25) is 17.7 Å². The van der Waals surface area contributed by atoms with E-state index in [-0.39, 0.29) is 42.5 Å². The van der Waals surface area contributed by atoms with Crippen LogP contribution in [0.4, 0.5) is 10.1 Å². The fourth-order valence-electron chi connectivity index (χ4n) is 7.53. The summed E-state index contributed by atoms with van der Waals surface area (Å²) in [5.41, 5.74) is 1.22. The zero-order chi connectivity index (χ0) is 36.8. The summed E-state index contributed by atoms with van der Waals surface area (Å²) in [6.45, 7) is 10.3. The van der Waals surface area contributed by atoms with Crippen molar-refractivity contribution in [3.05, 3.63) is 47.5 Å². The van der Waals surface area contributed by atoms with E-state index in [1.807, 2.05) is 20.9 Å². The normalized spacial score (nSPS) is 21.2. The second kappa shape index (κ2) is 17.4. The Balaban J connectivity index is 1.34. The highest BCUT2D eigenvalue weighted by atomic mass is 19.1. The number of hydrogen-bond acceptors (Lipinski definition) is 8. The number of carbonyl (C=O) groups excluding carboxylic acids is 3. The van der Waals surface area contributed by atoms with Crippen LogP contribution in [0.5, 0.6) is 0 Å². The largest absolute Gasteiger partial charge is 0.387 e. The first-order valence-corrected chi connectivity index (χ1v) is 18.6.